The van der Waals surface area contributed by atoms with Gasteiger partial charge in [0.2, 0.25) is 0 Å². The van der Waals surface area contributed by atoms with Gasteiger partial charge in [0.25, 0.3) is 0 Å². The van der Waals surface area contributed by atoms with Crippen LogP contribution in [0.1, 0.15) is 50.2 Å². The second kappa shape index (κ2) is 5.69. The van der Waals surface area contributed by atoms with Crippen LogP contribution < -0.4 is 0 Å². The zero-order valence-corrected chi connectivity index (χ0v) is 13.5. The maximum absolute atomic E-state index is 12.4. The summed E-state index contributed by atoms with van der Waals surface area (Å²) in [5.41, 5.74) is 2.21. The Labute approximate surface area is 132 Å². The van der Waals surface area contributed by atoms with Crippen molar-refractivity contribution in [2.75, 3.05) is 0 Å². The van der Waals surface area contributed by atoms with Gasteiger partial charge in [-0.05, 0) is 73.6 Å². The highest BCUT2D eigenvalue weighted by atomic mass is 16.3. The fourth-order valence-electron chi connectivity index (χ4n) is 4.66. The van der Waals surface area contributed by atoms with Crippen LogP contribution in [0.25, 0.3) is 0 Å². The molecule has 3 heteroatoms. The molecule has 0 aromatic heterocycles. The number of carbonyl (C=O) groups excluding carboxylic acids is 1. The van der Waals surface area contributed by atoms with Crippen LogP contribution in [0.4, 0.5) is 0 Å². The molecule has 22 heavy (non-hydrogen) atoms. The molecule has 1 aromatic carbocycles. The Morgan fingerprint density at radius 2 is 2.09 bits per heavy atom. The molecule has 0 heterocycles. The molecule has 0 bridgehead atoms. The second-order valence-electron chi connectivity index (χ2n) is 7.43. The lowest BCUT2D eigenvalue weighted by Crippen LogP contribution is -2.43. The molecule has 0 spiro atoms. The number of ketones is 1. The molecule has 0 amide bonds. The predicted molar refractivity (Wildman–Crippen MR) is 85.7 cm³/mol. The number of fused-ring (bicyclic) bond motifs is 1. The number of aliphatic hydroxyl groups excluding tert-OH is 1. The van der Waals surface area contributed by atoms with E-state index in [0.717, 1.165) is 43.2 Å². The van der Waals surface area contributed by atoms with Crippen molar-refractivity contribution in [1.82, 2.24) is 0 Å². The Hall–Kier alpha value is -1.35. The number of aryl methyl sites for hydroxylation is 2. The quantitative estimate of drug-likeness (QED) is 0.900. The first-order valence-corrected chi connectivity index (χ1v) is 8.41. The highest BCUT2D eigenvalue weighted by molar-refractivity contribution is 5.82. The Morgan fingerprint density at radius 3 is 2.86 bits per heavy atom. The fraction of sp³-hybridized carbons (Fsp3) is 0.632. The molecule has 4 atom stereocenters. The van der Waals surface area contributed by atoms with Crippen molar-refractivity contribution in [2.24, 2.45) is 17.3 Å². The molecule has 1 aromatic rings. The van der Waals surface area contributed by atoms with Gasteiger partial charge in [-0.25, -0.2) is 0 Å². The Morgan fingerprint density at radius 1 is 1.32 bits per heavy atom. The van der Waals surface area contributed by atoms with Crippen LogP contribution in [0.2, 0.25) is 0 Å². The van der Waals surface area contributed by atoms with E-state index in [1.165, 1.54) is 0 Å². The van der Waals surface area contributed by atoms with Crippen LogP contribution in [0.15, 0.2) is 18.2 Å². The largest absolute Gasteiger partial charge is 0.508 e. The van der Waals surface area contributed by atoms with E-state index >= 15 is 0 Å². The molecule has 3 rings (SSSR count). The number of rotatable bonds is 3. The standard InChI is InChI=1S/C19H26O3/c1-12-3-5-14(20)11-13(12)4-6-15-16-7-8-18(22)19(16,2)10-9-17(15)21/h3,5,11,15-16,18,20,22H,4,6-10H2,1-2H3/t15-,16-,18?,19-/m0/s1. The Bertz CT molecular complexity index is 580. The van der Waals surface area contributed by atoms with Crippen molar-refractivity contribution in [1.29, 1.82) is 0 Å². The molecule has 0 radical (unpaired) electrons. The molecule has 0 aliphatic heterocycles. The third-order valence-electron chi connectivity index (χ3n) is 6.23. The number of benzene rings is 1. The zero-order valence-electron chi connectivity index (χ0n) is 13.5. The number of aliphatic hydroxyl groups is 1. The topological polar surface area (TPSA) is 57.5 Å². The van der Waals surface area contributed by atoms with E-state index < -0.39 is 0 Å². The summed E-state index contributed by atoms with van der Waals surface area (Å²) in [7, 11) is 0. The van der Waals surface area contributed by atoms with Crippen molar-refractivity contribution in [3.8, 4) is 5.75 Å². The van der Waals surface area contributed by atoms with E-state index in [1.807, 2.05) is 19.1 Å². The van der Waals surface area contributed by atoms with Gasteiger partial charge in [-0.3, -0.25) is 4.79 Å². The minimum absolute atomic E-state index is 0.0673. The number of aromatic hydroxyl groups is 1. The minimum Gasteiger partial charge on any atom is -0.508 e. The summed E-state index contributed by atoms with van der Waals surface area (Å²) in [6.07, 6.45) is 4.63. The number of Topliss-reactive ketones (excluding diaryl/α,β-unsaturated/α-hetero) is 1. The van der Waals surface area contributed by atoms with E-state index in [-0.39, 0.29) is 23.2 Å². The molecule has 2 fully saturated rings. The van der Waals surface area contributed by atoms with Gasteiger partial charge in [0.1, 0.15) is 11.5 Å². The van der Waals surface area contributed by atoms with Crippen molar-refractivity contribution in [3.63, 3.8) is 0 Å². The predicted octanol–water partition coefficient (Wildman–Crippen LogP) is 3.39. The third kappa shape index (κ3) is 2.56. The van der Waals surface area contributed by atoms with Gasteiger partial charge in [-0.15, -0.1) is 0 Å². The van der Waals surface area contributed by atoms with Crippen LogP contribution in [0.5, 0.6) is 5.75 Å². The molecular formula is C19H26O3. The zero-order chi connectivity index (χ0) is 15.9. The first-order chi connectivity index (χ1) is 10.4. The molecular weight excluding hydrogens is 276 g/mol. The van der Waals surface area contributed by atoms with Crippen LogP contribution in [-0.2, 0) is 11.2 Å². The monoisotopic (exact) mass is 302 g/mol. The summed E-state index contributed by atoms with van der Waals surface area (Å²) in [5, 5.41) is 20.0. The van der Waals surface area contributed by atoms with Crippen LogP contribution in [0, 0.1) is 24.2 Å². The highest BCUT2D eigenvalue weighted by Crippen LogP contribution is 2.54. The second-order valence-corrected chi connectivity index (χ2v) is 7.43. The third-order valence-corrected chi connectivity index (χ3v) is 6.23. The summed E-state index contributed by atoms with van der Waals surface area (Å²) in [6.45, 7) is 4.20. The average molecular weight is 302 g/mol. The van der Waals surface area contributed by atoms with Gasteiger partial charge >= 0.3 is 0 Å². The van der Waals surface area contributed by atoms with Crippen molar-refractivity contribution >= 4 is 5.78 Å². The maximum atomic E-state index is 12.4. The SMILES string of the molecule is Cc1ccc(O)cc1CC[C@@H]1C(=O)CC[C@]2(C)C(O)CC[C@@H]12. The van der Waals surface area contributed by atoms with Gasteiger partial charge in [-0.2, -0.15) is 0 Å². The molecule has 2 aliphatic carbocycles. The van der Waals surface area contributed by atoms with Gasteiger partial charge < -0.3 is 10.2 Å². The number of phenolic OH excluding ortho intramolecular Hbond substituents is 1. The fourth-order valence-corrected chi connectivity index (χ4v) is 4.66. The van der Waals surface area contributed by atoms with E-state index in [2.05, 4.69) is 6.92 Å². The van der Waals surface area contributed by atoms with Gasteiger partial charge in [-0.1, -0.05) is 13.0 Å². The minimum atomic E-state index is -0.254. The summed E-state index contributed by atoms with van der Waals surface area (Å²) in [6, 6.07) is 5.44. The van der Waals surface area contributed by atoms with Gasteiger partial charge in [0.05, 0.1) is 6.10 Å². The van der Waals surface area contributed by atoms with Crippen LogP contribution in [-0.4, -0.2) is 22.1 Å². The van der Waals surface area contributed by atoms with E-state index in [0.29, 0.717) is 18.1 Å². The molecule has 0 saturated heterocycles. The molecule has 2 saturated carbocycles. The lowest BCUT2D eigenvalue weighted by Gasteiger charge is -2.42. The van der Waals surface area contributed by atoms with E-state index in [9.17, 15) is 15.0 Å². The van der Waals surface area contributed by atoms with Crippen molar-refractivity contribution in [2.45, 2.75) is 58.5 Å². The van der Waals surface area contributed by atoms with Crippen LogP contribution in [0.3, 0.4) is 0 Å². The smallest absolute Gasteiger partial charge is 0.136 e. The Kier molecular flexibility index (Phi) is 4.02. The average Bonchev–Trinajstić information content (AvgIpc) is 2.78. The molecule has 2 aliphatic rings. The maximum Gasteiger partial charge on any atom is 0.136 e. The summed E-state index contributed by atoms with van der Waals surface area (Å²) in [5.74, 6) is 1.05. The first kappa shape index (κ1) is 15.5. The molecule has 3 nitrogen and oxygen atoms in total. The van der Waals surface area contributed by atoms with E-state index in [4.69, 9.17) is 0 Å². The van der Waals surface area contributed by atoms with E-state index in [1.54, 1.807) is 6.07 Å². The highest BCUT2D eigenvalue weighted by Gasteiger charge is 2.52. The number of hydrogen-bond donors (Lipinski definition) is 2. The summed E-state index contributed by atoms with van der Waals surface area (Å²) in [4.78, 5) is 12.4. The van der Waals surface area contributed by atoms with Crippen molar-refractivity contribution in [3.05, 3.63) is 29.3 Å². The first-order valence-electron chi connectivity index (χ1n) is 8.41. The normalized spacial score (nSPS) is 34.7. The molecule has 2 N–H and O–H groups in total. The van der Waals surface area contributed by atoms with Crippen molar-refractivity contribution < 1.29 is 15.0 Å². The summed E-state index contributed by atoms with van der Waals surface area (Å²) < 4.78 is 0. The van der Waals surface area contributed by atoms with Gasteiger partial charge in [0.15, 0.2) is 0 Å². The summed E-state index contributed by atoms with van der Waals surface area (Å²) >= 11 is 0. The lowest BCUT2D eigenvalue weighted by molar-refractivity contribution is -0.133. The molecule has 120 valence electrons. The number of phenols is 1. The number of carbonyl (C=O) groups is 1. The van der Waals surface area contributed by atoms with Gasteiger partial charge in [0, 0.05) is 12.3 Å². The van der Waals surface area contributed by atoms with Crippen LogP contribution >= 0.6 is 0 Å². The number of hydrogen-bond acceptors (Lipinski definition) is 3. The molecule has 1 unspecified atom stereocenters. The Balaban J connectivity index is 1.76. The lowest BCUT2D eigenvalue weighted by atomic mass is 9.62.